The van der Waals surface area contributed by atoms with E-state index in [9.17, 15) is 4.79 Å². The Morgan fingerprint density at radius 3 is 3.07 bits per heavy atom. The Balaban J connectivity index is 2.55. The molecule has 0 radical (unpaired) electrons. The average molecular weight is 213 g/mol. The minimum Gasteiger partial charge on any atom is -0.449 e. The zero-order valence-electron chi connectivity index (χ0n) is 6.82. The highest BCUT2D eigenvalue weighted by molar-refractivity contribution is 6.31. The first-order valence-corrected chi connectivity index (χ1v) is 4.09. The fraction of sp³-hybridized carbons (Fsp3) is 0. The maximum atomic E-state index is 10.3. The van der Waals surface area contributed by atoms with Crippen LogP contribution in [0, 0.1) is 0 Å². The number of aromatic nitrogens is 2. The number of carboxylic acid groups (broad SMARTS) is 1. The number of hydrogen-bond acceptors (Lipinski definition) is 3. The van der Waals surface area contributed by atoms with Gasteiger partial charge in [-0.1, -0.05) is 11.6 Å². The van der Waals surface area contributed by atoms with Gasteiger partial charge in [-0.15, -0.1) is 5.10 Å². The van der Waals surface area contributed by atoms with E-state index in [1.54, 1.807) is 18.2 Å². The van der Waals surface area contributed by atoms with Crippen molar-refractivity contribution in [1.29, 1.82) is 0 Å². The molecule has 1 aromatic carbocycles. The van der Waals surface area contributed by atoms with E-state index in [1.807, 2.05) is 0 Å². The molecule has 2 N–H and O–H groups in total. The van der Waals surface area contributed by atoms with Crippen LogP contribution in [0.5, 0.6) is 5.88 Å². The van der Waals surface area contributed by atoms with Crippen LogP contribution in [-0.4, -0.2) is 21.5 Å². The summed E-state index contributed by atoms with van der Waals surface area (Å²) in [5.41, 5.74) is 0.672. The average Bonchev–Trinajstić information content (AvgIpc) is 2.47. The van der Waals surface area contributed by atoms with E-state index in [0.29, 0.717) is 15.9 Å². The monoisotopic (exact) mass is 212 g/mol. The zero-order valence-corrected chi connectivity index (χ0v) is 7.58. The van der Waals surface area contributed by atoms with Gasteiger partial charge in [-0.05, 0) is 18.2 Å². The molecule has 5 nitrogen and oxygen atoms in total. The minimum atomic E-state index is -1.40. The second kappa shape index (κ2) is 3.19. The van der Waals surface area contributed by atoms with Crippen molar-refractivity contribution in [2.75, 3.05) is 0 Å². The number of fused-ring (bicyclic) bond motifs is 1. The van der Waals surface area contributed by atoms with Gasteiger partial charge in [0.25, 0.3) is 5.88 Å². The topological polar surface area (TPSA) is 75.2 Å². The molecule has 0 fully saturated rings. The third-order valence-corrected chi connectivity index (χ3v) is 1.91. The maximum Gasteiger partial charge on any atom is 0.512 e. The second-order valence-corrected chi connectivity index (χ2v) is 3.02. The van der Waals surface area contributed by atoms with Gasteiger partial charge >= 0.3 is 6.16 Å². The number of halogens is 1. The first-order valence-electron chi connectivity index (χ1n) is 3.71. The summed E-state index contributed by atoms with van der Waals surface area (Å²) in [4.78, 5) is 10.3. The van der Waals surface area contributed by atoms with Gasteiger partial charge in [0.05, 0.1) is 10.9 Å². The number of carbonyl (C=O) groups is 1. The van der Waals surface area contributed by atoms with Crippen LogP contribution in [0.15, 0.2) is 18.2 Å². The molecule has 6 heteroatoms. The van der Waals surface area contributed by atoms with E-state index >= 15 is 0 Å². The molecular weight excluding hydrogens is 208 g/mol. The number of hydrogen-bond donors (Lipinski definition) is 2. The molecule has 14 heavy (non-hydrogen) atoms. The van der Waals surface area contributed by atoms with Gasteiger partial charge in [0, 0.05) is 5.02 Å². The molecule has 2 rings (SSSR count). The second-order valence-electron chi connectivity index (χ2n) is 2.59. The lowest BCUT2D eigenvalue weighted by Crippen LogP contribution is -2.03. The summed E-state index contributed by atoms with van der Waals surface area (Å²) in [5.74, 6) is 0.00926. The molecule has 0 saturated heterocycles. The van der Waals surface area contributed by atoms with E-state index in [2.05, 4.69) is 14.9 Å². The van der Waals surface area contributed by atoms with Crippen molar-refractivity contribution in [3.63, 3.8) is 0 Å². The van der Waals surface area contributed by atoms with Gasteiger partial charge in [-0.3, -0.25) is 5.10 Å². The Labute approximate surface area is 83.2 Å². The number of aromatic amines is 1. The Hall–Kier alpha value is -1.75. The normalized spacial score (nSPS) is 10.4. The third-order valence-electron chi connectivity index (χ3n) is 1.67. The number of nitrogens with one attached hydrogen (secondary N) is 1. The van der Waals surface area contributed by atoms with E-state index < -0.39 is 6.16 Å². The Morgan fingerprint density at radius 1 is 1.57 bits per heavy atom. The molecule has 0 aliphatic heterocycles. The number of nitrogens with zero attached hydrogens (tertiary/aromatic N) is 1. The van der Waals surface area contributed by atoms with Crippen molar-refractivity contribution in [2.24, 2.45) is 0 Å². The first-order chi connectivity index (χ1) is 6.66. The fourth-order valence-electron chi connectivity index (χ4n) is 1.12. The van der Waals surface area contributed by atoms with Crippen LogP contribution in [0.3, 0.4) is 0 Å². The van der Waals surface area contributed by atoms with Crippen molar-refractivity contribution in [1.82, 2.24) is 10.2 Å². The van der Waals surface area contributed by atoms with E-state index in [-0.39, 0.29) is 5.88 Å². The summed E-state index contributed by atoms with van der Waals surface area (Å²) in [5, 5.41) is 15.8. The number of H-pyrrole nitrogens is 1. The molecular formula is C8H5ClN2O3. The molecule has 0 spiro atoms. The highest BCUT2D eigenvalue weighted by atomic mass is 35.5. The third kappa shape index (κ3) is 1.49. The molecule has 0 bridgehead atoms. The Kier molecular flexibility index (Phi) is 2.01. The molecule has 0 aliphatic rings. The Bertz CT molecular complexity index is 494. The molecule has 0 atom stereocenters. The van der Waals surface area contributed by atoms with Gasteiger partial charge in [-0.25, -0.2) is 4.79 Å². The molecule has 0 unspecified atom stereocenters. The van der Waals surface area contributed by atoms with E-state index in [4.69, 9.17) is 16.7 Å². The van der Waals surface area contributed by atoms with Gasteiger partial charge in [0.1, 0.15) is 0 Å². The quantitative estimate of drug-likeness (QED) is 0.711. The van der Waals surface area contributed by atoms with Gasteiger partial charge < -0.3 is 9.84 Å². The fourth-order valence-corrected chi connectivity index (χ4v) is 1.29. The summed E-state index contributed by atoms with van der Waals surface area (Å²) in [6.45, 7) is 0. The molecule has 1 heterocycles. The SMILES string of the molecule is O=C(O)Oc1n[nH]c2ccc(Cl)cc12. The summed E-state index contributed by atoms with van der Waals surface area (Å²) >= 11 is 5.74. The molecule has 72 valence electrons. The first kappa shape index (κ1) is 8.83. The standard InChI is InChI=1S/C8H5ClN2O3/c9-4-1-2-6-5(3-4)7(11-10-6)14-8(12)13/h1-3H,(H,10,11)(H,12,13). The lowest BCUT2D eigenvalue weighted by atomic mass is 10.2. The summed E-state index contributed by atoms with van der Waals surface area (Å²) in [6, 6.07) is 4.95. The lowest BCUT2D eigenvalue weighted by Gasteiger charge is -1.94. The van der Waals surface area contributed by atoms with Gasteiger partial charge in [-0.2, -0.15) is 0 Å². The zero-order chi connectivity index (χ0) is 10.1. The van der Waals surface area contributed by atoms with Crippen LogP contribution in [-0.2, 0) is 0 Å². The van der Waals surface area contributed by atoms with Gasteiger partial charge in [0.15, 0.2) is 0 Å². The molecule has 1 aromatic heterocycles. The van der Waals surface area contributed by atoms with E-state index in [0.717, 1.165) is 0 Å². The van der Waals surface area contributed by atoms with Crippen LogP contribution in [0.4, 0.5) is 4.79 Å². The van der Waals surface area contributed by atoms with Crippen molar-refractivity contribution in [2.45, 2.75) is 0 Å². The smallest absolute Gasteiger partial charge is 0.449 e. The molecule has 2 aromatic rings. The van der Waals surface area contributed by atoms with E-state index in [1.165, 1.54) is 0 Å². The summed E-state index contributed by atoms with van der Waals surface area (Å²) < 4.78 is 4.44. The van der Waals surface area contributed by atoms with Crippen LogP contribution in [0.25, 0.3) is 10.9 Å². The van der Waals surface area contributed by atoms with Crippen LogP contribution in [0.1, 0.15) is 0 Å². The van der Waals surface area contributed by atoms with Crippen LogP contribution in [0.2, 0.25) is 5.02 Å². The molecule has 0 aliphatic carbocycles. The van der Waals surface area contributed by atoms with Crippen LogP contribution < -0.4 is 4.74 Å². The predicted octanol–water partition coefficient (Wildman–Crippen LogP) is 2.27. The highest BCUT2D eigenvalue weighted by Crippen LogP contribution is 2.25. The number of rotatable bonds is 1. The number of benzene rings is 1. The van der Waals surface area contributed by atoms with Crippen molar-refractivity contribution in [3.05, 3.63) is 23.2 Å². The number of ether oxygens (including phenoxy) is 1. The summed E-state index contributed by atoms with van der Waals surface area (Å²) in [6.07, 6.45) is -1.40. The van der Waals surface area contributed by atoms with Crippen molar-refractivity contribution in [3.8, 4) is 5.88 Å². The highest BCUT2D eigenvalue weighted by Gasteiger charge is 2.10. The predicted molar refractivity (Wildman–Crippen MR) is 49.8 cm³/mol. The minimum absolute atomic E-state index is 0.00926. The molecule has 0 saturated carbocycles. The summed E-state index contributed by atoms with van der Waals surface area (Å²) in [7, 11) is 0. The van der Waals surface area contributed by atoms with Crippen LogP contribution >= 0.6 is 11.6 Å². The van der Waals surface area contributed by atoms with Gasteiger partial charge in [0.2, 0.25) is 0 Å². The Morgan fingerprint density at radius 2 is 2.36 bits per heavy atom. The maximum absolute atomic E-state index is 10.3. The lowest BCUT2D eigenvalue weighted by molar-refractivity contribution is 0.143. The molecule has 0 amide bonds. The van der Waals surface area contributed by atoms with Crippen molar-refractivity contribution >= 4 is 28.7 Å². The van der Waals surface area contributed by atoms with Crippen molar-refractivity contribution < 1.29 is 14.6 Å². The largest absolute Gasteiger partial charge is 0.512 e.